The molecule has 0 bridgehead atoms. The van der Waals surface area contributed by atoms with Crippen molar-refractivity contribution in [1.29, 1.82) is 0 Å². The molecule has 2 rings (SSSR count). The standard InChI is InChI=1S/C18H28N2O4S/c1-12(2)15(5)19-18(21)16-7-6-8-17(9-16)25(22,23)20-10-13(3)24-14(4)11-20/h6-9,12-15H,10-11H2,1-5H3,(H,19,21)/t13-,14-,15-/m1/s1. The van der Waals surface area contributed by atoms with Crippen LogP contribution in [-0.4, -0.2) is 50.0 Å². The summed E-state index contributed by atoms with van der Waals surface area (Å²) in [4.78, 5) is 12.5. The first-order valence-corrected chi connectivity index (χ1v) is 10.1. The molecule has 1 saturated heterocycles. The minimum absolute atomic E-state index is 0.00806. The van der Waals surface area contributed by atoms with E-state index in [1.165, 1.54) is 16.4 Å². The Labute approximate surface area is 150 Å². The maximum atomic E-state index is 12.9. The first-order chi connectivity index (χ1) is 11.6. The maximum absolute atomic E-state index is 12.9. The van der Waals surface area contributed by atoms with Crippen LogP contribution >= 0.6 is 0 Å². The number of sulfonamides is 1. The van der Waals surface area contributed by atoms with E-state index in [0.717, 1.165) is 0 Å². The molecule has 3 atom stereocenters. The molecule has 1 fully saturated rings. The summed E-state index contributed by atoms with van der Waals surface area (Å²) in [6.45, 7) is 10.3. The summed E-state index contributed by atoms with van der Waals surface area (Å²) in [5, 5.41) is 2.90. The largest absolute Gasteiger partial charge is 0.373 e. The Balaban J connectivity index is 2.23. The fourth-order valence-corrected chi connectivity index (χ4v) is 4.37. The Hall–Kier alpha value is -1.44. The Morgan fingerprint density at radius 1 is 1.20 bits per heavy atom. The van der Waals surface area contributed by atoms with Crippen LogP contribution in [0.15, 0.2) is 29.2 Å². The van der Waals surface area contributed by atoms with E-state index in [0.29, 0.717) is 24.6 Å². The van der Waals surface area contributed by atoms with Crippen LogP contribution in [-0.2, 0) is 14.8 Å². The molecule has 1 heterocycles. The van der Waals surface area contributed by atoms with Crippen LogP contribution in [0.5, 0.6) is 0 Å². The molecule has 0 aromatic heterocycles. The molecule has 1 aliphatic heterocycles. The molecule has 1 amide bonds. The summed E-state index contributed by atoms with van der Waals surface area (Å²) in [7, 11) is -3.66. The molecule has 0 radical (unpaired) electrons. The van der Waals surface area contributed by atoms with Crippen LogP contribution in [0.3, 0.4) is 0 Å². The number of ether oxygens (including phenoxy) is 1. The van der Waals surface area contributed by atoms with Gasteiger partial charge in [-0.15, -0.1) is 0 Å². The predicted molar refractivity (Wildman–Crippen MR) is 97.0 cm³/mol. The van der Waals surface area contributed by atoms with Crippen molar-refractivity contribution in [2.24, 2.45) is 5.92 Å². The summed E-state index contributed by atoms with van der Waals surface area (Å²) in [6.07, 6.45) is -0.311. The van der Waals surface area contributed by atoms with Crippen LogP contribution in [0.4, 0.5) is 0 Å². The van der Waals surface area contributed by atoms with Gasteiger partial charge >= 0.3 is 0 Å². The molecule has 0 saturated carbocycles. The van der Waals surface area contributed by atoms with Crippen molar-refractivity contribution < 1.29 is 17.9 Å². The molecule has 0 spiro atoms. The first-order valence-electron chi connectivity index (χ1n) is 8.67. The van der Waals surface area contributed by atoms with Crippen molar-refractivity contribution in [2.45, 2.75) is 57.8 Å². The number of amides is 1. The van der Waals surface area contributed by atoms with Gasteiger partial charge in [-0.25, -0.2) is 8.42 Å². The number of hydrogen-bond donors (Lipinski definition) is 1. The Kier molecular flexibility index (Phi) is 6.24. The van der Waals surface area contributed by atoms with E-state index in [1.54, 1.807) is 12.1 Å². The van der Waals surface area contributed by atoms with E-state index >= 15 is 0 Å². The second kappa shape index (κ2) is 7.85. The monoisotopic (exact) mass is 368 g/mol. The molecular formula is C18H28N2O4S. The van der Waals surface area contributed by atoms with E-state index in [1.807, 2.05) is 34.6 Å². The van der Waals surface area contributed by atoms with Gasteiger partial charge in [-0.3, -0.25) is 4.79 Å². The van der Waals surface area contributed by atoms with Gasteiger partial charge in [0.15, 0.2) is 0 Å². The van der Waals surface area contributed by atoms with Gasteiger partial charge in [-0.1, -0.05) is 19.9 Å². The number of nitrogens with zero attached hydrogens (tertiary/aromatic N) is 1. The van der Waals surface area contributed by atoms with E-state index in [2.05, 4.69) is 5.32 Å². The molecule has 6 nitrogen and oxygen atoms in total. The molecule has 0 aliphatic carbocycles. The highest BCUT2D eigenvalue weighted by atomic mass is 32.2. The van der Waals surface area contributed by atoms with Crippen molar-refractivity contribution in [1.82, 2.24) is 9.62 Å². The predicted octanol–water partition coefficient (Wildman–Crippen LogP) is 2.26. The summed E-state index contributed by atoms with van der Waals surface area (Å²) in [5.41, 5.74) is 0.350. The van der Waals surface area contributed by atoms with E-state index in [9.17, 15) is 13.2 Å². The Morgan fingerprint density at radius 3 is 2.36 bits per heavy atom. The number of carbonyl (C=O) groups excluding carboxylic acids is 1. The highest BCUT2D eigenvalue weighted by Gasteiger charge is 2.32. The van der Waals surface area contributed by atoms with Gasteiger partial charge in [0.1, 0.15) is 0 Å². The van der Waals surface area contributed by atoms with Crippen LogP contribution in [0, 0.1) is 5.92 Å². The number of carbonyl (C=O) groups is 1. The Bertz CT molecular complexity index is 708. The SMILES string of the molecule is CC(C)[C@@H](C)NC(=O)c1cccc(S(=O)(=O)N2C[C@@H](C)O[C@H](C)C2)c1. The number of hydrogen-bond acceptors (Lipinski definition) is 4. The van der Waals surface area contributed by atoms with Gasteiger partial charge in [0.25, 0.3) is 5.91 Å². The van der Waals surface area contributed by atoms with Crippen LogP contribution in [0.2, 0.25) is 0 Å². The third kappa shape index (κ3) is 4.80. The molecule has 140 valence electrons. The van der Waals surface area contributed by atoms with Crippen molar-refractivity contribution in [3.63, 3.8) is 0 Å². The quantitative estimate of drug-likeness (QED) is 0.865. The third-order valence-corrected chi connectivity index (χ3v) is 6.31. The molecule has 1 aliphatic rings. The lowest BCUT2D eigenvalue weighted by molar-refractivity contribution is -0.0440. The average molecular weight is 368 g/mol. The second-order valence-corrected chi connectivity index (χ2v) is 9.05. The maximum Gasteiger partial charge on any atom is 0.251 e. The molecule has 1 aromatic rings. The average Bonchev–Trinajstić information content (AvgIpc) is 2.53. The highest BCUT2D eigenvalue weighted by molar-refractivity contribution is 7.89. The lowest BCUT2D eigenvalue weighted by Crippen LogP contribution is -2.48. The minimum Gasteiger partial charge on any atom is -0.373 e. The van der Waals surface area contributed by atoms with E-state index in [4.69, 9.17) is 4.74 Å². The zero-order chi connectivity index (χ0) is 18.8. The Morgan fingerprint density at radius 2 is 1.80 bits per heavy atom. The highest BCUT2D eigenvalue weighted by Crippen LogP contribution is 2.22. The molecule has 7 heteroatoms. The van der Waals surface area contributed by atoms with Crippen molar-refractivity contribution >= 4 is 15.9 Å². The van der Waals surface area contributed by atoms with E-state index < -0.39 is 10.0 Å². The topological polar surface area (TPSA) is 75.7 Å². The summed E-state index contributed by atoms with van der Waals surface area (Å²) < 4.78 is 32.9. The normalized spacial score (nSPS) is 23.4. The van der Waals surface area contributed by atoms with Crippen LogP contribution < -0.4 is 5.32 Å². The number of morpholine rings is 1. The lowest BCUT2D eigenvalue weighted by Gasteiger charge is -2.34. The second-order valence-electron chi connectivity index (χ2n) is 7.11. The van der Waals surface area contributed by atoms with Crippen molar-refractivity contribution in [3.05, 3.63) is 29.8 Å². The van der Waals surface area contributed by atoms with E-state index in [-0.39, 0.29) is 29.1 Å². The first kappa shape index (κ1) is 19.9. The van der Waals surface area contributed by atoms with Gasteiger partial charge in [0, 0.05) is 24.7 Å². The smallest absolute Gasteiger partial charge is 0.251 e. The van der Waals surface area contributed by atoms with Crippen molar-refractivity contribution in [2.75, 3.05) is 13.1 Å². The van der Waals surface area contributed by atoms with Gasteiger partial charge < -0.3 is 10.1 Å². The summed E-state index contributed by atoms with van der Waals surface area (Å²) in [6, 6.07) is 6.22. The van der Waals surface area contributed by atoms with Gasteiger partial charge in [0.05, 0.1) is 17.1 Å². The summed E-state index contributed by atoms with van der Waals surface area (Å²) in [5.74, 6) is 0.0363. The zero-order valence-corrected chi connectivity index (χ0v) is 16.3. The van der Waals surface area contributed by atoms with Crippen LogP contribution in [0.1, 0.15) is 45.0 Å². The van der Waals surface area contributed by atoms with Gasteiger partial charge in [0.2, 0.25) is 10.0 Å². The number of benzene rings is 1. The number of rotatable bonds is 5. The van der Waals surface area contributed by atoms with Gasteiger partial charge in [-0.2, -0.15) is 4.31 Å². The van der Waals surface area contributed by atoms with Gasteiger partial charge in [-0.05, 0) is 44.9 Å². The zero-order valence-electron chi connectivity index (χ0n) is 15.5. The molecule has 1 N–H and O–H groups in total. The third-order valence-electron chi connectivity index (χ3n) is 4.48. The fraction of sp³-hybridized carbons (Fsp3) is 0.611. The molecule has 25 heavy (non-hydrogen) atoms. The molecule has 0 unspecified atom stereocenters. The fourth-order valence-electron chi connectivity index (χ4n) is 2.73. The number of nitrogens with one attached hydrogen (secondary N) is 1. The molecular weight excluding hydrogens is 340 g/mol. The minimum atomic E-state index is -3.66. The summed E-state index contributed by atoms with van der Waals surface area (Å²) >= 11 is 0. The van der Waals surface area contributed by atoms with Crippen LogP contribution in [0.25, 0.3) is 0 Å². The lowest BCUT2D eigenvalue weighted by atomic mass is 10.1. The van der Waals surface area contributed by atoms with Crippen molar-refractivity contribution in [3.8, 4) is 0 Å². The molecule has 1 aromatic carbocycles.